The summed E-state index contributed by atoms with van der Waals surface area (Å²) in [5.41, 5.74) is 6.29. The molecule has 4 N–H and O–H groups in total. The van der Waals surface area contributed by atoms with Crippen molar-refractivity contribution in [2.75, 3.05) is 0 Å². The zero-order valence-electron chi connectivity index (χ0n) is 17.5. The third-order valence-electron chi connectivity index (χ3n) is 6.13. The summed E-state index contributed by atoms with van der Waals surface area (Å²) in [6, 6.07) is 0.0639. The number of aliphatic imine (C=N–C) groups is 1. The first-order valence-corrected chi connectivity index (χ1v) is 11.4. The molecule has 3 fully saturated rings. The number of carbonyl (C=O) groups is 1. The zero-order chi connectivity index (χ0) is 21.8. The number of nitrogens with zero attached hydrogens (tertiary/aromatic N) is 1. The molecule has 0 aromatic carbocycles. The summed E-state index contributed by atoms with van der Waals surface area (Å²) in [7, 11) is 0. The van der Waals surface area contributed by atoms with Gasteiger partial charge in [0.2, 0.25) is 5.91 Å². The smallest absolute Gasteiger partial charge is 0.229 e. The van der Waals surface area contributed by atoms with Crippen LogP contribution in [0.2, 0.25) is 0 Å². The van der Waals surface area contributed by atoms with Crippen molar-refractivity contribution >= 4 is 23.5 Å². The van der Waals surface area contributed by atoms with Gasteiger partial charge in [0.1, 0.15) is 24.7 Å². The molecule has 172 valence electrons. The van der Waals surface area contributed by atoms with Gasteiger partial charge < -0.3 is 5.32 Å². The Kier molecular flexibility index (Phi) is 8.26. The van der Waals surface area contributed by atoms with Gasteiger partial charge in [0.25, 0.3) is 0 Å². The fourth-order valence-corrected chi connectivity index (χ4v) is 5.00. The number of hydrazine groups is 1. The molecule has 30 heavy (non-hydrogen) atoms. The third kappa shape index (κ3) is 6.47. The van der Waals surface area contributed by atoms with Crippen LogP contribution in [0.5, 0.6) is 0 Å². The molecule has 10 heteroatoms. The van der Waals surface area contributed by atoms with Gasteiger partial charge in [-0.1, -0.05) is 0 Å². The number of alkyl halides is 4. The Labute approximate surface area is 181 Å². The van der Waals surface area contributed by atoms with Crippen LogP contribution < -0.4 is 21.5 Å². The topological polar surface area (TPSA) is 77.6 Å². The molecule has 0 aromatic heterocycles. The Hall–Kier alpha value is -1.06. The minimum absolute atomic E-state index is 0.0207. The molecule has 6 nitrogen and oxygen atoms in total. The molecule has 1 saturated heterocycles. The predicted molar refractivity (Wildman–Crippen MR) is 111 cm³/mol. The number of hydrogen-bond acceptors (Lipinski definition) is 4. The maximum Gasteiger partial charge on any atom is 0.229 e. The zero-order valence-corrected chi connectivity index (χ0v) is 18.3. The van der Waals surface area contributed by atoms with Crippen LogP contribution in [0.15, 0.2) is 4.99 Å². The van der Waals surface area contributed by atoms with Crippen LogP contribution in [-0.4, -0.2) is 54.0 Å². The van der Waals surface area contributed by atoms with E-state index in [0.717, 1.165) is 6.42 Å². The van der Waals surface area contributed by atoms with E-state index in [4.69, 9.17) is 11.6 Å². The first-order valence-electron chi connectivity index (χ1n) is 10.9. The molecule has 2 saturated carbocycles. The van der Waals surface area contributed by atoms with Crippen molar-refractivity contribution in [3.05, 3.63) is 0 Å². The van der Waals surface area contributed by atoms with Crippen molar-refractivity contribution in [2.24, 2.45) is 16.8 Å². The fourth-order valence-electron chi connectivity index (χ4n) is 4.58. The maximum absolute atomic E-state index is 13.9. The van der Waals surface area contributed by atoms with E-state index in [1.165, 1.54) is 0 Å². The van der Waals surface area contributed by atoms with E-state index in [2.05, 4.69) is 26.5 Å². The van der Waals surface area contributed by atoms with Crippen LogP contribution in [0.1, 0.15) is 58.8 Å². The Balaban J connectivity index is 1.59. The van der Waals surface area contributed by atoms with Gasteiger partial charge in [-0.15, -0.1) is 11.6 Å². The SMILES string of the molecule is CC(C)N/C(=N\C1CC(C2CC(F)CC(Cl)C2)NN1)NC(=O)C1CCC(F)C(F)C1. The lowest BCUT2D eigenvalue weighted by Gasteiger charge is -2.31. The lowest BCUT2D eigenvalue weighted by molar-refractivity contribution is -0.125. The lowest BCUT2D eigenvalue weighted by atomic mass is 9.82. The van der Waals surface area contributed by atoms with E-state index in [1.807, 2.05) is 13.8 Å². The van der Waals surface area contributed by atoms with Gasteiger partial charge in [0, 0.05) is 29.8 Å². The fraction of sp³-hybridized carbons (Fsp3) is 0.900. The number of rotatable bonds is 4. The van der Waals surface area contributed by atoms with Gasteiger partial charge in [-0.2, -0.15) is 0 Å². The first-order chi connectivity index (χ1) is 14.2. The van der Waals surface area contributed by atoms with Crippen molar-refractivity contribution in [3.63, 3.8) is 0 Å². The van der Waals surface area contributed by atoms with Gasteiger partial charge in [-0.05, 0) is 58.3 Å². The lowest BCUT2D eigenvalue weighted by Crippen LogP contribution is -2.48. The number of nitrogens with one attached hydrogen (secondary N) is 4. The normalized spacial score (nSPS) is 40.4. The third-order valence-corrected chi connectivity index (χ3v) is 6.48. The van der Waals surface area contributed by atoms with Crippen LogP contribution >= 0.6 is 11.6 Å². The van der Waals surface area contributed by atoms with Crippen molar-refractivity contribution in [3.8, 4) is 0 Å². The number of amides is 1. The van der Waals surface area contributed by atoms with E-state index in [-0.39, 0.29) is 48.3 Å². The molecule has 3 aliphatic rings. The molecule has 2 aliphatic carbocycles. The van der Waals surface area contributed by atoms with E-state index in [9.17, 15) is 18.0 Å². The van der Waals surface area contributed by atoms with Gasteiger partial charge in [0.15, 0.2) is 5.96 Å². The second kappa shape index (κ2) is 10.5. The highest BCUT2D eigenvalue weighted by molar-refractivity contribution is 6.20. The molecule has 8 atom stereocenters. The maximum atomic E-state index is 13.9. The highest BCUT2D eigenvalue weighted by Gasteiger charge is 2.37. The van der Waals surface area contributed by atoms with Crippen molar-refractivity contribution in [1.82, 2.24) is 21.5 Å². The number of hydrogen-bond donors (Lipinski definition) is 4. The molecule has 0 aromatic rings. The summed E-state index contributed by atoms with van der Waals surface area (Å²) in [5, 5.41) is 5.70. The number of halogens is 4. The molecule has 3 rings (SSSR count). The Morgan fingerprint density at radius 2 is 1.80 bits per heavy atom. The Bertz CT molecular complexity index is 615. The van der Waals surface area contributed by atoms with Crippen molar-refractivity contribution in [1.29, 1.82) is 0 Å². The molecule has 0 spiro atoms. The summed E-state index contributed by atoms with van der Waals surface area (Å²) in [4.78, 5) is 17.2. The average molecular weight is 452 g/mol. The van der Waals surface area contributed by atoms with Gasteiger partial charge >= 0.3 is 0 Å². The molecular formula is C20H33ClF3N5O. The standard InChI is InChI=1S/C20H33ClF3N5O/c1-10(2)25-20(27-19(30)11-3-4-15(23)16(24)7-11)26-18-9-17(28-29-18)12-5-13(21)8-14(22)6-12/h10-18,28-29H,3-9H2,1-2H3,(H2,25,26,27,30). The van der Waals surface area contributed by atoms with Crippen molar-refractivity contribution < 1.29 is 18.0 Å². The first kappa shape index (κ1) is 23.6. The Morgan fingerprint density at radius 1 is 1.03 bits per heavy atom. The molecule has 0 radical (unpaired) electrons. The summed E-state index contributed by atoms with van der Waals surface area (Å²) in [6.07, 6.45) is -1.74. The minimum atomic E-state index is -1.60. The largest absolute Gasteiger partial charge is 0.354 e. The van der Waals surface area contributed by atoms with Crippen LogP contribution in [-0.2, 0) is 4.79 Å². The average Bonchev–Trinajstić information content (AvgIpc) is 3.11. The highest BCUT2D eigenvalue weighted by atomic mass is 35.5. The van der Waals surface area contributed by atoms with Crippen LogP contribution in [0.25, 0.3) is 0 Å². The van der Waals surface area contributed by atoms with E-state index >= 15 is 0 Å². The molecule has 1 amide bonds. The summed E-state index contributed by atoms with van der Waals surface area (Å²) >= 11 is 6.19. The second-order valence-electron chi connectivity index (χ2n) is 9.12. The highest BCUT2D eigenvalue weighted by Crippen LogP contribution is 2.34. The van der Waals surface area contributed by atoms with E-state index in [0.29, 0.717) is 31.6 Å². The summed E-state index contributed by atoms with van der Waals surface area (Å²) in [5.74, 6) is -0.498. The molecule has 1 aliphatic heterocycles. The molecule has 8 unspecified atom stereocenters. The van der Waals surface area contributed by atoms with Crippen LogP contribution in [0.3, 0.4) is 0 Å². The van der Waals surface area contributed by atoms with E-state index in [1.54, 1.807) is 0 Å². The second-order valence-corrected chi connectivity index (χ2v) is 9.73. The summed E-state index contributed by atoms with van der Waals surface area (Å²) in [6.45, 7) is 3.83. The quantitative estimate of drug-likeness (QED) is 0.301. The molecular weight excluding hydrogens is 419 g/mol. The molecule has 0 bridgehead atoms. The van der Waals surface area contributed by atoms with Crippen LogP contribution in [0.4, 0.5) is 13.2 Å². The number of guanidine groups is 1. The number of carbonyl (C=O) groups excluding carboxylic acids is 1. The van der Waals surface area contributed by atoms with E-state index < -0.39 is 24.4 Å². The van der Waals surface area contributed by atoms with Gasteiger partial charge in [-0.25, -0.2) is 23.6 Å². The minimum Gasteiger partial charge on any atom is -0.354 e. The van der Waals surface area contributed by atoms with Crippen LogP contribution in [0, 0.1) is 11.8 Å². The monoisotopic (exact) mass is 451 g/mol. The van der Waals surface area contributed by atoms with Gasteiger partial charge in [0.05, 0.1) is 0 Å². The van der Waals surface area contributed by atoms with Crippen molar-refractivity contribution in [2.45, 2.75) is 101 Å². The van der Waals surface area contributed by atoms with Gasteiger partial charge in [-0.3, -0.25) is 15.5 Å². The molecule has 1 heterocycles. The predicted octanol–water partition coefficient (Wildman–Crippen LogP) is 2.87. The Morgan fingerprint density at radius 3 is 2.47 bits per heavy atom. The summed E-state index contributed by atoms with van der Waals surface area (Å²) < 4.78 is 40.9.